The quantitative estimate of drug-likeness (QED) is 0.745. The Hall–Kier alpha value is -2.15. The monoisotopic (exact) mass is 358 g/mol. The molecule has 7 nitrogen and oxygen atoms in total. The van der Waals surface area contributed by atoms with Gasteiger partial charge < -0.3 is 24.8 Å². The molecule has 0 aliphatic rings. The van der Waals surface area contributed by atoms with Gasteiger partial charge in [0.1, 0.15) is 0 Å². The average molecular weight is 359 g/mol. The van der Waals surface area contributed by atoms with Crippen LogP contribution in [0.3, 0.4) is 0 Å². The van der Waals surface area contributed by atoms with Crippen molar-refractivity contribution in [2.24, 2.45) is 5.92 Å². The molecule has 134 valence electrons. The van der Waals surface area contributed by atoms with Crippen LogP contribution in [0.5, 0.6) is 11.5 Å². The first kappa shape index (κ1) is 19.9. The van der Waals surface area contributed by atoms with E-state index in [1.807, 2.05) is 6.92 Å². The van der Waals surface area contributed by atoms with Crippen molar-refractivity contribution in [2.45, 2.75) is 20.4 Å². The van der Waals surface area contributed by atoms with E-state index in [4.69, 9.17) is 26.2 Å². The molecule has 1 atom stereocenters. The van der Waals surface area contributed by atoms with Crippen molar-refractivity contribution in [3.8, 4) is 11.5 Å². The fourth-order valence-corrected chi connectivity index (χ4v) is 2.33. The van der Waals surface area contributed by atoms with Crippen molar-refractivity contribution >= 4 is 23.6 Å². The molecule has 0 aromatic heterocycles. The highest BCUT2D eigenvalue weighted by molar-refractivity contribution is 6.32. The van der Waals surface area contributed by atoms with Gasteiger partial charge in [-0.2, -0.15) is 0 Å². The summed E-state index contributed by atoms with van der Waals surface area (Å²) in [6.07, 6.45) is 0. The highest BCUT2D eigenvalue weighted by Crippen LogP contribution is 2.36. The molecule has 1 aromatic carbocycles. The fraction of sp³-hybridized carbons (Fsp3) is 0.500. The molecule has 0 heterocycles. The van der Waals surface area contributed by atoms with Crippen LogP contribution in [0.15, 0.2) is 12.1 Å². The van der Waals surface area contributed by atoms with E-state index in [1.54, 1.807) is 26.1 Å². The van der Waals surface area contributed by atoms with E-state index in [0.717, 1.165) is 5.56 Å². The Morgan fingerprint density at radius 3 is 2.62 bits per heavy atom. The van der Waals surface area contributed by atoms with E-state index in [2.05, 4.69) is 5.32 Å². The third-order valence-electron chi connectivity index (χ3n) is 3.34. The molecule has 0 saturated heterocycles. The second-order valence-corrected chi connectivity index (χ2v) is 5.73. The molecule has 8 heteroatoms. The second-order valence-electron chi connectivity index (χ2n) is 5.32. The smallest absolute Gasteiger partial charge is 0.317 e. The predicted octanol–water partition coefficient (Wildman–Crippen LogP) is 2.61. The summed E-state index contributed by atoms with van der Waals surface area (Å²) in [4.78, 5) is 24.2. The van der Waals surface area contributed by atoms with Gasteiger partial charge in [-0.15, -0.1) is 0 Å². The summed E-state index contributed by atoms with van der Waals surface area (Å²) in [6, 6.07) is 3.05. The number of nitrogens with one attached hydrogen (secondary N) is 1. The topological polar surface area (TPSA) is 88.1 Å². The number of methoxy groups -OCH3 is 1. The van der Waals surface area contributed by atoms with Crippen LogP contribution in [0.4, 0.5) is 4.79 Å². The van der Waals surface area contributed by atoms with Crippen molar-refractivity contribution in [2.75, 3.05) is 27.3 Å². The molecular formula is C16H23ClN2O5. The SMILES string of the molecule is CCOc1c(Cl)cc(CNC(=O)N(C)CC(C)C(=O)O)cc1OC. The summed E-state index contributed by atoms with van der Waals surface area (Å²) >= 11 is 6.18. The van der Waals surface area contributed by atoms with Crippen molar-refractivity contribution in [3.63, 3.8) is 0 Å². The first-order valence-electron chi connectivity index (χ1n) is 7.51. The van der Waals surface area contributed by atoms with Crippen LogP contribution < -0.4 is 14.8 Å². The molecule has 2 N–H and O–H groups in total. The van der Waals surface area contributed by atoms with Gasteiger partial charge in [-0.25, -0.2) is 4.79 Å². The zero-order chi connectivity index (χ0) is 18.3. The summed E-state index contributed by atoms with van der Waals surface area (Å²) in [7, 11) is 3.05. The Bertz CT molecular complexity index is 594. The summed E-state index contributed by atoms with van der Waals surface area (Å²) in [5.74, 6) is -0.635. The van der Waals surface area contributed by atoms with E-state index >= 15 is 0 Å². The summed E-state index contributed by atoms with van der Waals surface area (Å²) in [6.45, 7) is 4.20. The maximum atomic E-state index is 12.0. The minimum absolute atomic E-state index is 0.120. The third-order valence-corrected chi connectivity index (χ3v) is 3.62. The van der Waals surface area contributed by atoms with Crippen LogP contribution in [-0.2, 0) is 11.3 Å². The van der Waals surface area contributed by atoms with E-state index in [1.165, 1.54) is 12.0 Å². The molecule has 0 aliphatic heterocycles. The lowest BCUT2D eigenvalue weighted by Crippen LogP contribution is -2.40. The third kappa shape index (κ3) is 5.49. The van der Waals surface area contributed by atoms with Gasteiger partial charge in [-0.1, -0.05) is 18.5 Å². The molecule has 0 fully saturated rings. The minimum atomic E-state index is -0.947. The number of carbonyl (C=O) groups is 2. The van der Waals surface area contributed by atoms with Crippen molar-refractivity contribution < 1.29 is 24.2 Å². The molecule has 0 aliphatic carbocycles. The maximum absolute atomic E-state index is 12.0. The average Bonchev–Trinajstić information content (AvgIpc) is 2.54. The summed E-state index contributed by atoms with van der Waals surface area (Å²) in [5.41, 5.74) is 0.744. The van der Waals surface area contributed by atoms with Crippen molar-refractivity contribution in [3.05, 3.63) is 22.7 Å². The number of rotatable bonds is 8. The molecule has 24 heavy (non-hydrogen) atoms. The molecule has 1 rings (SSSR count). The largest absolute Gasteiger partial charge is 0.493 e. The van der Waals surface area contributed by atoms with E-state index < -0.39 is 11.9 Å². The number of halogens is 1. The predicted molar refractivity (Wildman–Crippen MR) is 90.8 cm³/mol. The fourth-order valence-electron chi connectivity index (χ4n) is 2.04. The Morgan fingerprint density at radius 2 is 2.08 bits per heavy atom. The second kappa shape index (κ2) is 9.22. The number of hydrogen-bond donors (Lipinski definition) is 2. The molecule has 0 bridgehead atoms. The van der Waals surface area contributed by atoms with E-state index in [9.17, 15) is 9.59 Å². The normalized spacial score (nSPS) is 11.5. The van der Waals surface area contributed by atoms with Gasteiger partial charge in [0.15, 0.2) is 11.5 Å². The number of hydrogen-bond acceptors (Lipinski definition) is 4. The van der Waals surface area contributed by atoms with E-state index in [0.29, 0.717) is 23.1 Å². The number of carboxylic acids is 1. The number of amides is 2. The van der Waals surface area contributed by atoms with Gasteiger partial charge in [0.2, 0.25) is 0 Å². The Balaban J connectivity index is 2.71. The van der Waals surface area contributed by atoms with Crippen LogP contribution in [0, 0.1) is 5.92 Å². The van der Waals surface area contributed by atoms with Crippen LogP contribution in [0.2, 0.25) is 5.02 Å². The van der Waals surface area contributed by atoms with Gasteiger partial charge in [-0.3, -0.25) is 4.79 Å². The minimum Gasteiger partial charge on any atom is -0.493 e. The molecule has 1 aromatic rings. The van der Waals surface area contributed by atoms with Crippen LogP contribution in [0.1, 0.15) is 19.4 Å². The number of ether oxygens (including phenoxy) is 2. The van der Waals surface area contributed by atoms with Crippen LogP contribution >= 0.6 is 11.6 Å². The number of urea groups is 1. The van der Waals surface area contributed by atoms with Gasteiger partial charge in [-0.05, 0) is 24.6 Å². The number of aliphatic carboxylic acids is 1. The molecular weight excluding hydrogens is 336 g/mol. The maximum Gasteiger partial charge on any atom is 0.317 e. The highest BCUT2D eigenvalue weighted by atomic mass is 35.5. The highest BCUT2D eigenvalue weighted by Gasteiger charge is 2.17. The molecule has 0 radical (unpaired) electrons. The molecule has 2 amide bonds. The van der Waals surface area contributed by atoms with Gasteiger partial charge in [0.05, 0.1) is 24.7 Å². The number of benzene rings is 1. The Morgan fingerprint density at radius 1 is 1.42 bits per heavy atom. The number of carbonyl (C=O) groups excluding carboxylic acids is 1. The van der Waals surface area contributed by atoms with Gasteiger partial charge in [0, 0.05) is 20.1 Å². The number of carboxylic acid groups (broad SMARTS) is 1. The van der Waals surface area contributed by atoms with Crippen molar-refractivity contribution in [1.82, 2.24) is 10.2 Å². The Kier molecular flexibility index (Phi) is 7.64. The summed E-state index contributed by atoms with van der Waals surface area (Å²) in [5, 5.41) is 12.0. The molecule has 0 saturated carbocycles. The van der Waals surface area contributed by atoms with Crippen molar-refractivity contribution in [1.29, 1.82) is 0 Å². The lowest BCUT2D eigenvalue weighted by atomic mass is 10.2. The van der Waals surface area contributed by atoms with Crippen LogP contribution in [-0.4, -0.2) is 49.3 Å². The van der Waals surface area contributed by atoms with Gasteiger partial charge >= 0.3 is 12.0 Å². The van der Waals surface area contributed by atoms with Gasteiger partial charge in [0.25, 0.3) is 0 Å². The Labute approximate surface area is 146 Å². The van der Waals surface area contributed by atoms with E-state index in [-0.39, 0.29) is 19.1 Å². The lowest BCUT2D eigenvalue weighted by molar-refractivity contribution is -0.141. The zero-order valence-corrected chi connectivity index (χ0v) is 15.0. The first-order chi connectivity index (χ1) is 11.3. The number of nitrogens with zero attached hydrogens (tertiary/aromatic N) is 1. The van der Waals surface area contributed by atoms with Crippen LogP contribution in [0.25, 0.3) is 0 Å². The molecule has 0 spiro atoms. The standard InChI is InChI=1S/C16H23ClN2O5/c1-5-24-14-12(17)6-11(7-13(14)23-4)8-18-16(22)19(3)9-10(2)15(20)21/h6-7,10H,5,8-9H2,1-4H3,(H,18,22)(H,20,21). The summed E-state index contributed by atoms with van der Waals surface area (Å²) < 4.78 is 10.7. The zero-order valence-electron chi connectivity index (χ0n) is 14.3. The first-order valence-corrected chi connectivity index (χ1v) is 7.88. The lowest BCUT2D eigenvalue weighted by Gasteiger charge is -2.20. The molecule has 1 unspecified atom stereocenters.